The minimum atomic E-state index is -3.80. The molecular formula is C23H29BrClN3O4S. The van der Waals surface area contributed by atoms with Gasteiger partial charge in [-0.25, -0.2) is 8.42 Å². The maximum Gasteiger partial charge on any atom is 0.244 e. The van der Waals surface area contributed by atoms with Crippen molar-refractivity contribution in [3.05, 3.63) is 63.1 Å². The first-order chi connectivity index (χ1) is 15.4. The molecule has 0 aromatic heterocycles. The Morgan fingerprint density at radius 3 is 2.45 bits per heavy atom. The van der Waals surface area contributed by atoms with Crippen LogP contribution in [0.2, 0.25) is 5.02 Å². The molecule has 2 aromatic carbocycles. The number of benzene rings is 2. The average Bonchev–Trinajstić information content (AvgIpc) is 2.74. The molecule has 2 aromatic rings. The summed E-state index contributed by atoms with van der Waals surface area (Å²) in [6.45, 7) is 5.54. The van der Waals surface area contributed by atoms with Gasteiger partial charge in [-0.2, -0.15) is 0 Å². The van der Waals surface area contributed by atoms with Gasteiger partial charge in [0, 0.05) is 22.6 Å². The highest BCUT2D eigenvalue weighted by molar-refractivity contribution is 9.10. The second-order valence-corrected chi connectivity index (χ2v) is 11.1. The Morgan fingerprint density at radius 2 is 1.88 bits per heavy atom. The number of sulfonamides is 1. The van der Waals surface area contributed by atoms with Crippen LogP contribution in [0.3, 0.4) is 0 Å². The van der Waals surface area contributed by atoms with Crippen LogP contribution in [0.25, 0.3) is 0 Å². The molecule has 1 N–H and O–H groups in total. The first-order valence-corrected chi connectivity index (χ1v) is 13.5. The summed E-state index contributed by atoms with van der Waals surface area (Å²) < 4.78 is 27.0. The summed E-state index contributed by atoms with van der Waals surface area (Å²) in [5, 5.41) is 3.20. The van der Waals surface area contributed by atoms with E-state index >= 15 is 0 Å². The summed E-state index contributed by atoms with van der Waals surface area (Å²) in [6, 6.07) is 11.4. The molecule has 2 rings (SSSR count). The molecule has 2 amide bonds. The van der Waals surface area contributed by atoms with E-state index in [1.165, 1.54) is 11.0 Å². The van der Waals surface area contributed by atoms with E-state index in [1.807, 2.05) is 31.2 Å². The largest absolute Gasteiger partial charge is 0.354 e. The van der Waals surface area contributed by atoms with Gasteiger partial charge >= 0.3 is 0 Å². The smallest absolute Gasteiger partial charge is 0.244 e. The van der Waals surface area contributed by atoms with E-state index in [1.54, 1.807) is 26.0 Å². The van der Waals surface area contributed by atoms with Crippen molar-refractivity contribution in [1.82, 2.24) is 10.2 Å². The lowest BCUT2D eigenvalue weighted by atomic mass is 10.1. The van der Waals surface area contributed by atoms with E-state index in [9.17, 15) is 18.0 Å². The molecule has 7 nitrogen and oxygen atoms in total. The highest BCUT2D eigenvalue weighted by Gasteiger charge is 2.30. The van der Waals surface area contributed by atoms with Crippen LogP contribution in [0, 0.1) is 6.92 Å². The van der Waals surface area contributed by atoms with E-state index in [2.05, 4.69) is 21.2 Å². The number of carbonyl (C=O) groups excluding carboxylic acids is 2. The predicted octanol–water partition coefficient (Wildman–Crippen LogP) is 4.12. The fraction of sp³-hybridized carbons (Fsp3) is 0.391. The van der Waals surface area contributed by atoms with Crippen LogP contribution >= 0.6 is 27.5 Å². The summed E-state index contributed by atoms with van der Waals surface area (Å²) in [4.78, 5) is 27.5. The van der Waals surface area contributed by atoms with E-state index < -0.39 is 28.5 Å². The topological polar surface area (TPSA) is 86.8 Å². The number of carbonyl (C=O) groups is 2. The number of nitrogens with zero attached hydrogens (tertiary/aromatic N) is 2. The van der Waals surface area contributed by atoms with Crippen molar-refractivity contribution in [2.24, 2.45) is 0 Å². The molecule has 0 saturated carbocycles. The van der Waals surface area contributed by atoms with Crippen molar-refractivity contribution in [3.8, 4) is 0 Å². The first kappa shape index (κ1) is 27.1. The molecule has 0 aliphatic heterocycles. The third-order valence-electron chi connectivity index (χ3n) is 5.08. The molecule has 0 aliphatic carbocycles. The molecule has 10 heteroatoms. The number of hydrogen-bond acceptors (Lipinski definition) is 4. The van der Waals surface area contributed by atoms with Crippen molar-refractivity contribution >= 4 is 55.1 Å². The number of hydrogen-bond donors (Lipinski definition) is 1. The summed E-state index contributed by atoms with van der Waals surface area (Å²) in [6.07, 6.45) is 1.79. The number of halogens is 2. The second-order valence-electron chi connectivity index (χ2n) is 7.82. The minimum Gasteiger partial charge on any atom is -0.354 e. The van der Waals surface area contributed by atoms with Gasteiger partial charge in [0.1, 0.15) is 12.6 Å². The average molecular weight is 559 g/mol. The maximum atomic E-state index is 13.4. The Balaban J connectivity index is 2.39. The summed E-state index contributed by atoms with van der Waals surface area (Å²) in [5.74, 6) is -0.805. The van der Waals surface area contributed by atoms with Crippen LogP contribution in [0.1, 0.15) is 31.4 Å². The van der Waals surface area contributed by atoms with Crippen molar-refractivity contribution in [3.63, 3.8) is 0 Å². The molecule has 33 heavy (non-hydrogen) atoms. The van der Waals surface area contributed by atoms with Crippen LogP contribution in [0.4, 0.5) is 5.69 Å². The highest BCUT2D eigenvalue weighted by atomic mass is 79.9. The highest BCUT2D eigenvalue weighted by Crippen LogP contribution is 2.25. The summed E-state index contributed by atoms with van der Waals surface area (Å²) >= 11 is 9.61. The van der Waals surface area contributed by atoms with Crippen LogP contribution < -0.4 is 9.62 Å². The monoisotopic (exact) mass is 557 g/mol. The first-order valence-electron chi connectivity index (χ1n) is 10.5. The van der Waals surface area contributed by atoms with Gasteiger partial charge in [0.05, 0.1) is 11.9 Å². The molecule has 1 atom stereocenters. The molecule has 0 aliphatic rings. The maximum absolute atomic E-state index is 13.4. The van der Waals surface area contributed by atoms with Gasteiger partial charge in [-0.15, -0.1) is 0 Å². The van der Waals surface area contributed by atoms with Crippen LogP contribution in [-0.2, 0) is 26.2 Å². The number of rotatable bonds is 10. The van der Waals surface area contributed by atoms with Gasteiger partial charge in [-0.3, -0.25) is 13.9 Å². The van der Waals surface area contributed by atoms with Gasteiger partial charge in [-0.05, 0) is 55.7 Å². The quantitative estimate of drug-likeness (QED) is 0.475. The molecular weight excluding hydrogens is 530 g/mol. The van der Waals surface area contributed by atoms with Crippen LogP contribution in [0.5, 0.6) is 0 Å². The molecule has 1 unspecified atom stereocenters. The molecule has 0 heterocycles. The molecule has 180 valence electrons. The zero-order chi connectivity index (χ0) is 24.8. The Hall–Kier alpha value is -2.10. The van der Waals surface area contributed by atoms with Gasteiger partial charge in [0.15, 0.2) is 0 Å². The minimum absolute atomic E-state index is 0.144. The lowest BCUT2D eigenvalue weighted by Crippen LogP contribution is -2.51. The molecule has 0 fully saturated rings. The third kappa shape index (κ3) is 7.72. The molecule has 0 spiro atoms. The van der Waals surface area contributed by atoms with Gasteiger partial charge in [-0.1, -0.05) is 52.7 Å². The molecule has 0 bridgehead atoms. The standard InChI is InChI=1S/C23H29BrClN3O4S/c1-5-11-26-23(30)17(3)27(14-18-7-6-8-19(24)12-18)22(29)15-28(33(4,31)32)20-10-9-16(2)21(25)13-20/h6-10,12-13,17H,5,11,14-15H2,1-4H3,(H,26,30). The second kappa shape index (κ2) is 11.9. The third-order valence-corrected chi connectivity index (χ3v) is 7.12. The van der Waals surface area contributed by atoms with Crippen LogP contribution in [0.15, 0.2) is 46.9 Å². The Morgan fingerprint density at radius 1 is 1.18 bits per heavy atom. The van der Waals surface area contributed by atoms with E-state index in [4.69, 9.17) is 11.6 Å². The zero-order valence-electron chi connectivity index (χ0n) is 19.1. The van der Waals surface area contributed by atoms with E-state index in [0.717, 1.165) is 32.6 Å². The SMILES string of the molecule is CCCNC(=O)C(C)N(Cc1cccc(Br)c1)C(=O)CN(c1ccc(C)c(Cl)c1)S(C)(=O)=O. The van der Waals surface area contributed by atoms with Crippen molar-refractivity contribution in [2.75, 3.05) is 23.7 Å². The van der Waals surface area contributed by atoms with Gasteiger partial charge in [0.25, 0.3) is 0 Å². The fourth-order valence-electron chi connectivity index (χ4n) is 3.16. The van der Waals surface area contributed by atoms with Crippen LogP contribution in [-0.4, -0.2) is 50.5 Å². The van der Waals surface area contributed by atoms with Gasteiger partial charge < -0.3 is 10.2 Å². The number of amides is 2. The van der Waals surface area contributed by atoms with E-state index in [-0.39, 0.29) is 18.1 Å². The summed E-state index contributed by atoms with van der Waals surface area (Å²) in [5.41, 5.74) is 1.88. The molecule has 0 saturated heterocycles. The van der Waals surface area contributed by atoms with Crippen molar-refractivity contribution < 1.29 is 18.0 Å². The normalized spacial score (nSPS) is 12.2. The van der Waals surface area contributed by atoms with E-state index in [0.29, 0.717) is 11.6 Å². The predicted molar refractivity (Wildman–Crippen MR) is 136 cm³/mol. The van der Waals surface area contributed by atoms with Crippen molar-refractivity contribution in [1.29, 1.82) is 0 Å². The van der Waals surface area contributed by atoms with Gasteiger partial charge in [0.2, 0.25) is 21.8 Å². The Labute approximate surface area is 209 Å². The lowest BCUT2D eigenvalue weighted by Gasteiger charge is -2.31. The zero-order valence-corrected chi connectivity index (χ0v) is 22.3. The van der Waals surface area contributed by atoms with Crippen molar-refractivity contribution in [2.45, 2.75) is 39.8 Å². The number of anilines is 1. The Bertz CT molecular complexity index is 1110. The fourth-order valence-corrected chi connectivity index (χ4v) is 4.62. The summed E-state index contributed by atoms with van der Waals surface area (Å²) in [7, 11) is -3.80. The Kier molecular flexibility index (Phi) is 9.75. The molecule has 0 radical (unpaired) electrons. The number of aryl methyl sites for hydroxylation is 1. The lowest BCUT2D eigenvalue weighted by molar-refractivity contribution is -0.139. The number of nitrogens with one attached hydrogen (secondary N) is 1.